The average Bonchev–Trinajstić information content (AvgIpc) is 2.21. The van der Waals surface area contributed by atoms with Gasteiger partial charge in [0.25, 0.3) is 0 Å². The zero-order valence-electron chi connectivity index (χ0n) is 10.7. The van der Waals surface area contributed by atoms with E-state index in [0.29, 0.717) is 18.1 Å². The third-order valence-electron chi connectivity index (χ3n) is 3.18. The van der Waals surface area contributed by atoms with E-state index in [0.717, 1.165) is 24.8 Å². The second kappa shape index (κ2) is 5.83. The van der Waals surface area contributed by atoms with Crippen LogP contribution in [0.5, 0.6) is 0 Å². The van der Waals surface area contributed by atoms with Gasteiger partial charge in [0.05, 0.1) is 0 Å². The van der Waals surface area contributed by atoms with Crippen LogP contribution < -0.4 is 0 Å². The van der Waals surface area contributed by atoms with Crippen molar-refractivity contribution in [1.29, 1.82) is 0 Å². The number of rotatable bonds is 4. The predicted octanol–water partition coefficient (Wildman–Crippen LogP) is 4.21. The lowest BCUT2D eigenvalue weighted by molar-refractivity contribution is -0.116. The van der Waals surface area contributed by atoms with E-state index >= 15 is 0 Å². The molecule has 0 aromatic rings. The Hall–Kier alpha value is -1.11. The molecule has 1 rings (SSSR count). The van der Waals surface area contributed by atoms with Gasteiger partial charge in [0.15, 0.2) is 5.78 Å². The minimum absolute atomic E-state index is 0.291. The summed E-state index contributed by atoms with van der Waals surface area (Å²) in [6, 6.07) is 0. The molecule has 0 aliphatic heterocycles. The molecular weight excluding hydrogens is 196 g/mol. The molecule has 1 heteroatoms. The first kappa shape index (κ1) is 13.0. The van der Waals surface area contributed by atoms with Crippen molar-refractivity contribution in [2.75, 3.05) is 0 Å². The molecule has 0 aromatic heterocycles. The summed E-state index contributed by atoms with van der Waals surface area (Å²) in [6.45, 7) is 10.3. The Kier molecular flexibility index (Phi) is 4.72. The third-order valence-corrected chi connectivity index (χ3v) is 3.18. The maximum absolute atomic E-state index is 11.6. The number of hydrogen-bond donors (Lipinski definition) is 0. The zero-order valence-corrected chi connectivity index (χ0v) is 10.7. The Morgan fingerprint density at radius 1 is 1.56 bits per heavy atom. The van der Waals surface area contributed by atoms with Gasteiger partial charge in [-0.3, -0.25) is 4.79 Å². The summed E-state index contributed by atoms with van der Waals surface area (Å²) in [6.07, 6.45) is 8.01. The number of ketones is 1. The van der Waals surface area contributed by atoms with Crippen LogP contribution in [0.4, 0.5) is 0 Å². The molecule has 0 N–H and O–H groups in total. The van der Waals surface area contributed by atoms with Gasteiger partial charge in [-0.2, -0.15) is 0 Å². The van der Waals surface area contributed by atoms with Crippen LogP contribution in [0.1, 0.15) is 46.5 Å². The van der Waals surface area contributed by atoms with Crippen molar-refractivity contribution in [3.05, 3.63) is 35.5 Å². The lowest BCUT2D eigenvalue weighted by Crippen LogP contribution is -2.15. The molecule has 16 heavy (non-hydrogen) atoms. The molecule has 0 bridgehead atoms. The van der Waals surface area contributed by atoms with Crippen LogP contribution in [-0.2, 0) is 4.79 Å². The average molecular weight is 218 g/mol. The van der Waals surface area contributed by atoms with Crippen molar-refractivity contribution < 1.29 is 4.79 Å². The van der Waals surface area contributed by atoms with Crippen molar-refractivity contribution in [2.45, 2.75) is 46.5 Å². The van der Waals surface area contributed by atoms with Crippen molar-refractivity contribution in [1.82, 2.24) is 0 Å². The molecule has 0 heterocycles. The summed E-state index contributed by atoms with van der Waals surface area (Å²) in [5.41, 5.74) is 3.51. The fraction of sp³-hybridized carbons (Fsp3) is 0.533. The summed E-state index contributed by atoms with van der Waals surface area (Å²) >= 11 is 0. The highest BCUT2D eigenvalue weighted by atomic mass is 16.1. The van der Waals surface area contributed by atoms with Crippen LogP contribution >= 0.6 is 0 Å². The van der Waals surface area contributed by atoms with Gasteiger partial charge in [-0.05, 0) is 51.5 Å². The SMILES string of the molecule is C=C(CCC=C(C)C)[C@H]1CC=C(C)C(=O)C1. The van der Waals surface area contributed by atoms with Crippen LogP contribution in [0.3, 0.4) is 0 Å². The van der Waals surface area contributed by atoms with Crippen molar-refractivity contribution >= 4 is 5.78 Å². The summed E-state index contributed by atoms with van der Waals surface area (Å²) in [4.78, 5) is 11.6. The molecule has 0 aromatic carbocycles. The molecule has 0 unspecified atom stereocenters. The Morgan fingerprint density at radius 3 is 2.81 bits per heavy atom. The standard InChI is InChI=1S/C15H22O/c1-11(2)6-5-7-12(3)14-9-8-13(4)15(16)10-14/h6,8,14H,3,5,7,9-10H2,1-2,4H3/t14-/m0/s1. The van der Waals surface area contributed by atoms with E-state index in [4.69, 9.17) is 0 Å². The fourth-order valence-corrected chi connectivity index (χ4v) is 1.96. The van der Waals surface area contributed by atoms with Gasteiger partial charge in [0.1, 0.15) is 0 Å². The molecule has 1 nitrogen and oxygen atoms in total. The maximum Gasteiger partial charge on any atom is 0.158 e. The molecular formula is C15H22O. The maximum atomic E-state index is 11.6. The molecule has 1 aliphatic rings. The van der Waals surface area contributed by atoms with Gasteiger partial charge in [0.2, 0.25) is 0 Å². The number of allylic oxidation sites excluding steroid dienone is 5. The molecule has 0 saturated heterocycles. The minimum Gasteiger partial charge on any atom is -0.295 e. The van der Waals surface area contributed by atoms with Crippen LogP contribution in [0.2, 0.25) is 0 Å². The molecule has 88 valence electrons. The third kappa shape index (κ3) is 3.80. The van der Waals surface area contributed by atoms with Gasteiger partial charge >= 0.3 is 0 Å². The van der Waals surface area contributed by atoms with E-state index in [1.165, 1.54) is 11.1 Å². The summed E-state index contributed by atoms with van der Waals surface area (Å²) in [7, 11) is 0. The zero-order chi connectivity index (χ0) is 12.1. The van der Waals surface area contributed by atoms with Crippen molar-refractivity contribution in [2.24, 2.45) is 5.92 Å². The Labute approximate surface area is 98.9 Å². The molecule has 1 atom stereocenters. The largest absolute Gasteiger partial charge is 0.295 e. The highest BCUT2D eigenvalue weighted by Gasteiger charge is 2.20. The van der Waals surface area contributed by atoms with Gasteiger partial charge in [0, 0.05) is 6.42 Å². The normalized spacial score (nSPS) is 20.3. The second-order valence-corrected chi connectivity index (χ2v) is 4.93. The van der Waals surface area contributed by atoms with Gasteiger partial charge in [-0.25, -0.2) is 0 Å². The smallest absolute Gasteiger partial charge is 0.158 e. The Bertz CT molecular complexity index is 340. The summed E-state index contributed by atoms with van der Waals surface area (Å²) in [5.74, 6) is 0.668. The lowest BCUT2D eigenvalue weighted by Gasteiger charge is -2.21. The van der Waals surface area contributed by atoms with Crippen LogP contribution in [0.15, 0.2) is 35.5 Å². The first-order valence-corrected chi connectivity index (χ1v) is 6.01. The highest BCUT2D eigenvalue weighted by Crippen LogP contribution is 2.28. The summed E-state index contributed by atoms with van der Waals surface area (Å²) < 4.78 is 0. The van der Waals surface area contributed by atoms with E-state index in [1.54, 1.807) is 0 Å². The molecule has 0 radical (unpaired) electrons. The van der Waals surface area contributed by atoms with Crippen LogP contribution in [0, 0.1) is 5.92 Å². The van der Waals surface area contributed by atoms with E-state index in [-0.39, 0.29) is 0 Å². The number of hydrogen-bond acceptors (Lipinski definition) is 1. The topological polar surface area (TPSA) is 17.1 Å². The number of carbonyl (C=O) groups excluding carboxylic acids is 1. The van der Waals surface area contributed by atoms with Gasteiger partial charge < -0.3 is 0 Å². The van der Waals surface area contributed by atoms with E-state index in [2.05, 4.69) is 32.6 Å². The molecule has 0 fully saturated rings. The molecule has 0 spiro atoms. The Balaban J connectivity index is 2.45. The van der Waals surface area contributed by atoms with Crippen molar-refractivity contribution in [3.63, 3.8) is 0 Å². The van der Waals surface area contributed by atoms with Crippen molar-refractivity contribution in [3.8, 4) is 0 Å². The lowest BCUT2D eigenvalue weighted by atomic mass is 9.83. The first-order valence-electron chi connectivity index (χ1n) is 6.01. The first-order chi connectivity index (χ1) is 7.50. The predicted molar refractivity (Wildman–Crippen MR) is 69.3 cm³/mol. The molecule has 0 amide bonds. The van der Waals surface area contributed by atoms with E-state index in [1.807, 2.05) is 6.92 Å². The monoisotopic (exact) mass is 218 g/mol. The highest BCUT2D eigenvalue weighted by molar-refractivity contribution is 5.95. The van der Waals surface area contributed by atoms with Gasteiger partial charge in [-0.15, -0.1) is 0 Å². The fourth-order valence-electron chi connectivity index (χ4n) is 1.96. The van der Waals surface area contributed by atoms with Crippen LogP contribution in [0.25, 0.3) is 0 Å². The molecule has 1 aliphatic carbocycles. The van der Waals surface area contributed by atoms with E-state index < -0.39 is 0 Å². The summed E-state index contributed by atoms with van der Waals surface area (Å²) in [5, 5.41) is 0. The number of Topliss-reactive ketones (excluding diaryl/α,β-unsaturated/α-hetero) is 1. The number of carbonyl (C=O) groups is 1. The van der Waals surface area contributed by atoms with Crippen LogP contribution in [-0.4, -0.2) is 5.78 Å². The van der Waals surface area contributed by atoms with E-state index in [9.17, 15) is 4.79 Å². The molecule has 0 saturated carbocycles. The minimum atomic E-state index is 0.291. The quantitative estimate of drug-likeness (QED) is 0.646. The van der Waals surface area contributed by atoms with Gasteiger partial charge in [-0.1, -0.05) is 29.9 Å². The Morgan fingerprint density at radius 2 is 2.25 bits per heavy atom. The second-order valence-electron chi connectivity index (χ2n) is 4.93.